The lowest BCUT2D eigenvalue weighted by Gasteiger charge is -2.24. The van der Waals surface area contributed by atoms with Crippen LogP contribution in [0.2, 0.25) is 0 Å². The molecule has 11 nitrogen and oxygen atoms in total. The van der Waals surface area contributed by atoms with Crippen LogP contribution in [0.1, 0.15) is 53.2 Å². The summed E-state index contributed by atoms with van der Waals surface area (Å²) in [6.45, 7) is 1.71. The van der Waals surface area contributed by atoms with E-state index in [4.69, 9.17) is 4.74 Å². The normalized spacial score (nSPS) is 14.7. The molecule has 3 aromatic rings. The van der Waals surface area contributed by atoms with E-state index in [0.717, 1.165) is 0 Å². The van der Waals surface area contributed by atoms with Gasteiger partial charge in [0.2, 0.25) is 5.91 Å². The number of nitrogens with zero attached hydrogens (tertiary/aromatic N) is 5. The maximum atomic E-state index is 14.3. The van der Waals surface area contributed by atoms with Crippen LogP contribution in [0.3, 0.4) is 0 Å². The summed E-state index contributed by atoms with van der Waals surface area (Å²) in [4.78, 5) is 43.1. The summed E-state index contributed by atoms with van der Waals surface area (Å²) in [5.41, 5.74) is 2.15. The zero-order chi connectivity index (χ0) is 27.6. The molecule has 4 rings (SSSR count). The third kappa shape index (κ3) is 5.17. The number of aromatic nitrogens is 3. The molecular weight excluding hydrogens is 495 g/mol. The first-order valence-corrected chi connectivity index (χ1v) is 11.7. The highest BCUT2D eigenvalue weighted by Gasteiger charge is 2.27. The lowest BCUT2D eigenvalue weighted by Crippen LogP contribution is -2.28. The second-order valence-corrected chi connectivity index (χ2v) is 8.75. The average molecular weight is 521 g/mol. The fourth-order valence-corrected chi connectivity index (χ4v) is 4.22. The highest BCUT2D eigenvalue weighted by Crippen LogP contribution is 2.37. The third-order valence-electron chi connectivity index (χ3n) is 6.13. The number of methoxy groups -OCH3 is 1. The topological polar surface area (TPSA) is 139 Å². The first kappa shape index (κ1) is 26.3. The molecule has 0 spiro atoms. The quantitative estimate of drug-likeness (QED) is 0.518. The molecule has 0 fully saturated rings. The number of carbonyl (C=O) groups is 3. The Balaban J connectivity index is 1.86. The van der Waals surface area contributed by atoms with E-state index in [-0.39, 0.29) is 48.1 Å². The van der Waals surface area contributed by atoms with Crippen LogP contribution in [0.25, 0.3) is 11.1 Å². The van der Waals surface area contributed by atoms with Gasteiger partial charge < -0.3 is 19.7 Å². The first-order chi connectivity index (χ1) is 18.1. The van der Waals surface area contributed by atoms with Crippen molar-refractivity contribution in [3.8, 4) is 22.9 Å². The summed E-state index contributed by atoms with van der Waals surface area (Å²) in [6, 6.07) is 7.54. The van der Waals surface area contributed by atoms with Crippen molar-refractivity contribution in [2.75, 3.05) is 19.5 Å². The minimum atomic E-state index is -0.830. The Kier molecular flexibility index (Phi) is 7.38. The second-order valence-electron chi connectivity index (χ2n) is 8.75. The molecule has 12 heteroatoms. The van der Waals surface area contributed by atoms with Crippen molar-refractivity contribution in [1.82, 2.24) is 19.7 Å². The molecule has 2 bridgehead atoms. The monoisotopic (exact) mass is 520 g/mol. The van der Waals surface area contributed by atoms with Crippen LogP contribution in [-0.4, -0.2) is 51.6 Å². The van der Waals surface area contributed by atoms with Crippen LogP contribution < -0.4 is 10.1 Å². The van der Waals surface area contributed by atoms with Crippen LogP contribution in [0.4, 0.5) is 10.2 Å². The summed E-state index contributed by atoms with van der Waals surface area (Å²) in [5, 5.41) is 16.9. The van der Waals surface area contributed by atoms with Crippen LogP contribution in [0.15, 0.2) is 30.5 Å². The predicted octanol–water partition coefficient (Wildman–Crippen LogP) is 3.11. The van der Waals surface area contributed by atoms with Gasteiger partial charge in [0.15, 0.2) is 11.6 Å². The Morgan fingerprint density at radius 3 is 2.76 bits per heavy atom. The molecule has 0 saturated carbocycles. The minimum Gasteiger partial charge on any atom is -0.482 e. The van der Waals surface area contributed by atoms with Crippen molar-refractivity contribution >= 4 is 23.6 Å². The molecule has 3 heterocycles. The molecule has 1 aliphatic rings. The number of nitriles is 1. The number of rotatable bonds is 4. The van der Waals surface area contributed by atoms with Crippen molar-refractivity contribution in [2.24, 2.45) is 7.05 Å². The average Bonchev–Trinajstić information content (AvgIpc) is 3.21. The zero-order valence-electron chi connectivity index (χ0n) is 21.2. The molecule has 0 radical (unpaired) electrons. The Hall–Kier alpha value is -4.79. The molecule has 0 aliphatic carbocycles. The van der Waals surface area contributed by atoms with Crippen molar-refractivity contribution < 1.29 is 28.2 Å². The molecule has 1 atom stereocenters. The van der Waals surface area contributed by atoms with Gasteiger partial charge in [0.1, 0.15) is 23.7 Å². The smallest absolute Gasteiger partial charge is 0.306 e. The van der Waals surface area contributed by atoms with Crippen molar-refractivity contribution in [3.63, 3.8) is 0 Å². The number of fused-ring (bicyclic) bond motifs is 5. The van der Waals surface area contributed by atoms with Crippen LogP contribution in [0, 0.1) is 17.1 Å². The maximum Gasteiger partial charge on any atom is 0.306 e. The van der Waals surface area contributed by atoms with Crippen molar-refractivity contribution in [3.05, 3.63) is 58.8 Å². The third-order valence-corrected chi connectivity index (χ3v) is 6.13. The molecule has 1 aliphatic heterocycles. The van der Waals surface area contributed by atoms with E-state index in [1.54, 1.807) is 27.1 Å². The number of hydrogen-bond acceptors (Lipinski definition) is 8. The molecule has 2 amide bonds. The summed E-state index contributed by atoms with van der Waals surface area (Å²) in [5.74, 6) is -1.80. The van der Waals surface area contributed by atoms with Gasteiger partial charge in [-0.15, -0.1) is 0 Å². The lowest BCUT2D eigenvalue weighted by atomic mass is 10.00. The molecular formula is C26H25FN6O5. The van der Waals surface area contributed by atoms with Crippen molar-refractivity contribution in [2.45, 2.75) is 32.4 Å². The highest BCUT2D eigenvalue weighted by atomic mass is 19.1. The number of esters is 1. The number of anilines is 1. The number of pyridine rings is 1. The minimum absolute atomic E-state index is 0.0536. The van der Waals surface area contributed by atoms with E-state index in [9.17, 15) is 24.0 Å². The van der Waals surface area contributed by atoms with E-state index in [1.165, 1.54) is 41.1 Å². The largest absolute Gasteiger partial charge is 0.482 e. The van der Waals surface area contributed by atoms with Gasteiger partial charge in [-0.25, -0.2) is 9.37 Å². The number of benzene rings is 1. The second kappa shape index (κ2) is 10.7. The van der Waals surface area contributed by atoms with Crippen LogP contribution in [-0.2, 0) is 27.9 Å². The number of aryl methyl sites for hydroxylation is 1. The summed E-state index contributed by atoms with van der Waals surface area (Å²) in [6.07, 6.45) is 0.352. The Morgan fingerprint density at radius 1 is 1.29 bits per heavy atom. The number of amides is 2. The number of carbonyl (C=O) groups excluding carboxylic acids is 3. The van der Waals surface area contributed by atoms with Gasteiger partial charge >= 0.3 is 5.97 Å². The van der Waals surface area contributed by atoms with E-state index in [1.807, 2.05) is 0 Å². The molecule has 1 N–H and O–H groups in total. The highest BCUT2D eigenvalue weighted by molar-refractivity contribution is 5.96. The van der Waals surface area contributed by atoms with E-state index >= 15 is 0 Å². The Morgan fingerprint density at radius 2 is 2.05 bits per heavy atom. The van der Waals surface area contributed by atoms with E-state index in [2.05, 4.69) is 26.2 Å². The summed E-state index contributed by atoms with van der Waals surface area (Å²) < 4.78 is 26.4. The molecule has 0 saturated heterocycles. The maximum absolute atomic E-state index is 14.3. The number of halogens is 1. The first-order valence-electron chi connectivity index (χ1n) is 11.7. The predicted molar refractivity (Wildman–Crippen MR) is 132 cm³/mol. The summed E-state index contributed by atoms with van der Waals surface area (Å²) in [7, 11) is 4.44. The SMILES string of the molecule is COC(=O)CCC(=O)Nc1ncc2cc1OC(C)c1cc(F)ccc1C(=O)N(C)Cc1nn(C)c(C#N)c1-2. The van der Waals surface area contributed by atoms with Gasteiger partial charge in [0.05, 0.1) is 25.8 Å². The zero-order valence-corrected chi connectivity index (χ0v) is 21.2. The Bertz CT molecular complexity index is 1480. The fourth-order valence-electron chi connectivity index (χ4n) is 4.22. The molecule has 1 aromatic carbocycles. The Labute approximate surface area is 217 Å². The van der Waals surface area contributed by atoms with E-state index in [0.29, 0.717) is 22.4 Å². The standard InChI is InChI=1S/C26H25FN6O5/c1-14-18-10-16(27)5-6-17(18)26(36)32(2)13-19-24(20(11-28)33(3)31-19)15-9-21(38-14)25(29-12-15)30-22(34)7-8-23(35)37-4/h5-6,9-10,12,14H,7-8,13H2,1-4H3,(H,29,30,34). The molecule has 2 aromatic heterocycles. The number of ether oxygens (including phenoxy) is 2. The van der Waals surface area contributed by atoms with E-state index < -0.39 is 23.8 Å². The molecule has 1 unspecified atom stereocenters. The lowest BCUT2D eigenvalue weighted by molar-refractivity contribution is -0.141. The van der Waals surface area contributed by atoms with Crippen LogP contribution in [0.5, 0.6) is 5.75 Å². The van der Waals surface area contributed by atoms with Crippen molar-refractivity contribution in [1.29, 1.82) is 5.26 Å². The van der Waals surface area contributed by atoms with Crippen LogP contribution >= 0.6 is 0 Å². The van der Waals surface area contributed by atoms with Gasteiger partial charge in [-0.2, -0.15) is 10.4 Å². The van der Waals surface area contributed by atoms with Gasteiger partial charge in [0, 0.05) is 49.0 Å². The molecule has 196 valence electrons. The van der Waals surface area contributed by atoms with Gasteiger partial charge in [-0.1, -0.05) is 0 Å². The van der Waals surface area contributed by atoms with Gasteiger partial charge in [-0.3, -0.25) is 19.1 Å². The van der Waals surface area contributed by atoms with Gasteiger partial charge in [-0.05, 0) is 31.2 Å². The number of nitrogens with one attached hydrogen (secondary N) is 1. The molecule has 38 heavy (non-hydrogen) atoms. The summed E-state index contributed by atoms with van der Waals surface area (Å²) >= 11 is 0. The number of hydrogen-bond donors (Lipinski definition) is 1. The van der Waals surface area contributed by atoms with Gasteiger partial charge in [0.25, 0.3) is 5.91 Å². The fraction of sp³-hybridized carbons (Fsp3) is 0.308.